The summed E-state index contributed by atoms with van der Waals surface area (Å²) in [6.07, 6.45) is 3.32. The Balaban J connectivity index is 2.36. The second-order valence-corrected chi connectivity index (χ2v) is 6.11. The smallest absolute Gasteiger partial charge is 0.263 e. The third kappa shape index (κ3) is 3.78. The quantitative estimate of drug-likeness (QED) is 0.505. The largest absolute Gasteiger partial charge is 0.493 e. The first-order chi connectivity index (χ1) is 10.0. The van der Waals surface area contributed by atoms with Gasteiger partial charge in [-0.05, 0) is 23.8 Å². The lowest BCUT2D eigenvalue weighted by Crippen LogP contribution is -2.17. The van der Waals surface area contributed by atoms with Gasteiger partial charge in [-0.15, -0.1) is 0 Å². The van der Waals surface area contributed by atoms with Crippen LogP contribution in [0.2, 0.25) is 5.02 Å². The van der Waals surface area contributed by atoms with E-state index in [0.29, 0.717) is 32.4 Å². The van der Waals surface area contributed by atoms with E-state index < -0.39 is 0 Å². The molecule has 0 spiro atoms. The summed E-state index contributed by atoms with van der Waals surface area (Å²) in [7, 11) is 1.52. The highest BCUT2D eigenvalue weighted by Crippen LogP contribution is 2.38. The van der Waals surface area contributed by atoms with Crippen LogP contribution in [-0.2, 0) is 4.79 Å². The molecular weight excluding hydrogens is 330 g/mol. The molecule has 21 heavy (non-hydrogen) atoms. The summed E-state index contributed by atoms with van der Waals surface area (Å²) in [5, 5.41) is 2.95. The second kappa shape index (κ2) is 6.98. The maximum Gasteiger partial charge on any atom is 0.263 e. The van der Waals surface area contributed by atoms with Crippen LogP contribution in [0.5, 0.6) is 11.5 Å². The van der Waals surface area contributed by atoms with Crippen LogP contribution in [0.1, 0.15) is 5.56 Å². The van der Waals surface area contributed by atoms with Gasteiger partial charge in [-0.3, -0.25) is 4.79 Å². The van der Waals surface area contributed by atoms with Crippen LogP contribution >= 0.6 is 35.6 Å². The number of hydrogen-bond acceptors (Lipinski definition) is 5. The van der Waals surface area contributed by atoms with E-state index in [0.717, 1.165) is 5.56 Å². The number of methoxy groups -OCH3 is 1. The highest BCUT2D eigenvalue weighted by atomic mass is 35.5. The standard InChI is InChI=1S/C14H12ClNO3S2/c1-3-4-19-12-9(15)5-8(6-10(12)18-2)7-11-13(17)16-14(20)21-11/h3,5-7H,1,4H2,2H3,(H,16,17,20)/b11-7-. The summed E-state index contributed by atoms with van der Waals surface area (Å²) in [5.41, 5.74) is 0.727. The van der Waals surface area contributed by atoms with Gasteiger partial charge in [0.05, 0.1) is 17.0 Å². The molecule has 0 bridgehead atoms. The number of nitrogens with one attached hydrogen (secondary N) is 1. The zero-order valence-corrected chi connectivity index (χ0v) is 13.5. The fourth-order valence-corrected chi connectivity index (χ4v) is 3.00. The Morgan fingerprint density at radius 2 is 2.29 bits per heavy atom. The molecule has 1 heterocycles. The van der Waals surface area contributed by atoms with Crippen molar-refractivity contribution >= 4 is 51.9 Å². The van der Waals surface area contributed by atoms with Crippen LogP contribution < -0.4 is 14.8 Å². The van der Waals surface area contributed by atoms with Crippen LogP contribution in [0.4, 0.5) is 0 Å². The zero-order chi connectivity index (χ0) is 15.4. The van der Waals surface area contributed by atoms with Crippen molar-refractivity contribution in [3.8, 4) is 11.5 Å². The number of rotatable bonds is 5. The first kappa shape index (κ1) is 15.9. The number of carbonyl (C=O) groups excluding carboxylic acids is 1. The van der Waals surface area contributed by atoms with E-state index in [1.54, 1.807) is 24.3 Å². The predicted octanol–water partition coefficient (Wildman–Crippen LogP) is 3.40. The molecule has 0 atom stereocenters. The Morgan fingerprint density at radius 3 is 2.86 bits per heavy atom. The first-order valence-electron chi connectivity index (χ1n) is 5.91. The van der Waals surface area contributed by atoms with E-state index in [4.69, 9.17) is 33.3 Å². The van der Waals surface area contributed by atoms with Crippen molar-refractivity contribution in [2.24, 2.45) is 0 Å². The Morgan fingerprint density at radius 1 is 1.52 bits per heavy atom. The molecule has 4 nitrogen and oxygen atoms in total. The van der Waals surface area contributed by atoms with Gasteiger partial charge in [0.2, 0.25) is 0 Å². The molecule has 7 heteroatoms. The van der Waals surface area contributed by atoms with Crippen molar-refractivity contribution in [2.45, 2.75) is 0 Å². The molecule has 0 radical (unpaired) electrons. The summed E-state index contributed by atoms with van der Waals surface area (Å²) in [6.45, 7) is 3.91. The molecule has 1 aromatic rings. The van der Waals surface area contributed by atoms with Gasteiger partial charge in [0, 0.05) is 0 Å². The number of halogens is 1. The third-order valence-electron chi connectivity index (χ3n) is 2.54. The normalized spacial score (nSPS) is 16.0. The molecule has 1 amide bonds. The van der Waals surface area contributed by atoms with Crippen molar-refractivity contribution in [1.82, 2.24) is 5.32 Å². The lowest BCUT2D eigenvalue weighted by Gasteiger charge is -2.12. The molecule has 0 saturated carbocycles. The van der Waals surface area contributed by atoms with Crippen molar-refractivity contribution in [3.05, 3.63) is 40.3 Å². The molecule has 110 valence electrons. The number of thioether (sulfide) groups is 1. The van der Waals surface area contributed by atoms with Crippen LogP contribution in [0.3, 0.4) is 0 Å². The van der Waals surface area contributed by atoms with Gasteiger partial charge < -0.3 is 14.8 Å². The molecular formula is C14H12ClNO3S2. The van der Waals surface area contributed by atoms with Crippen LogP contribution in [0.15, 0.2) is 29.7 Å². The molecule has 1 saturated heterocycles. The lowest BCUT2D eigenvalue weighted by atomic mass is 10.2. The summed E-state index contributed by atoms with van der Waals surface area (Å²) >= 11 is 12.3. The zero-order valence-electron chi connectivity index (χ0n) is 11.1. The van der Waals surface area contributed by atoms with Crippen molar-refractivity contribution < 1.29 is 14.3 Å². The van der Waals surface area contributed by atoms with E-state index in [-0.39, 0.29) is 5.91 Å². The molecule has 0 aliphatic carbocycles. The molecule has 1 fully saturated rings. The highest BCUT2D eigenvalue weighted by Gasteiger charge is 2.22. The Labute approximate surface area is 137 Å². The number of thiocarbonyl (C=S) groups is 1. The minimum atomic E-state index is -0.216. The summed E-state index contributed by atoms with van der Waals surface area (Å²) in [6, 6.07) is 3.44. The Kier molecular flexibility index (Phi) is 5.27. The predicted molar refractivity (Wildman–Crippen MR) is 90.0 cm³/mol. The average Bonchev–Trinajstić information content (AvgIpc) is 2.75. The van der Waals surface area contributed by atoms with Crippen LogP contribution in [-0.4, -0.2) is 23.9 Å². The van der Waals surface area contributed by atoms with E-state index in [1.807, 2.05) is 0 Å². The molecule has 1 N–H and O–H groups in total. The fourth-order valence-electron chi connectivity index (χ4n) is 1.68. The number of benzene rings is 1. The molecule has 0 unspecified atom stereocenters. The maximum atomic E-state index is 11.6. The van der Waals surface area contributed by atoms with Crippen LogP contribution in [0, 0.1) is 0 Å². The van der Waals surface area contributed by atoms with Gasteiger partial charge in [-0.2, -0.15) is 0 Å². The number of amides is 1. The van der Waals surface area contributed by atoms with Gasteiger partial charge in [-0.25, -0.2) is 0 Å². The monoisotopic (exact) mass is 341 g/mol. The van der Waals surface area contributed by atoms with Gasteiger partial charge >= 0.3 is 0 Å². The van der Waals surface area contributed by atoms with Crippen LogP contribution in [0.25, 0.3) is 6.08 Å². The highest BCUT2D eigenvalue weighted by molar-refractivity contribution is 8.26. The first-order valence-corrected chi connectivity index (χ1v) is 7.51. The summed E-state index contributed by atoms with van der Waals surface area (Å²) < 4.78 is 11.2. The van der Waals surface area contributed by atoms with Gasteiger partial charge in [0.15, 0.2) is 11.5 Å². The SMILES string of the molecule is C=CCOc1c(Cl)cc(/C=C2\SC(=S)NC2=O)cc1OC. The number of ether oxygens (including phenoxy) is 2. The van der Waals surface area contributed by atoms with E-state index in [2.05, 4.69) is 11.9 Å². The molecule has 2 rings (SSSR count). The number of carbonyl (C=O) groups is 1. The van der Waals surface area contributed by atoms with Gasteiger partial charge in [0.1, 0.15) is 10.9 Å². The lowest BCUT2D eigenvalue weighted by molar-refractivity contribution is -0.115. The summed E-state index contributed by atoms with van der Waals surface area (Å²) in [5.74, 6) is 0.717. The average molecular weight is 342 g/mol. The minimum absolute atomic E-state index is 0.216. The molecule has 1 aliphatic heterocycles. The third-order valence-corrected chi connectivity index (χ3v) is 3.98. The summed E-state index contributed by atoms with van der Waals surface area (Å²) in [4.78, 5) is 12.2. The molecule has 1 aromatic carbocycles. The Bertz CT molecular complexity index is 643. The van der Waals surface area contributed by atoms with Gasteiger partial charge in [-0.1, -0.05) is 48.2 Å². The van der Waals surface area contributed by atoms with E-state index >= 15 is 0 Å². The van der Waals surface area contributed by atoms with Crippen molar-refractivity contribution in [1.29, 1.82) is 0 Å². The Hall–Kier alpha value is -1.50. The fraction of sp³-hybridized carbons (Fsp3) is 0.143. The second-order valence-electron chi connectivity index (χ2n) is 3.99. The molecule has 1 aliphatic rings. The van der Waals surface area contributed by atoms with Gasteiger partial charge in [0.25, 0.3) is 5.91 Å². The van der Waals surface area contributed by atoms with Crippen molar-refractivity contribution in [3.63, 3.8) is 0 Å². The van der Waals surface area contributed by atoms with E-state index in [1.165, 1.54) is 18.9 Å². The number of hydrogen-bond donors (Lipinski definition) is 1. The van der Waals surface area contributed by atoms with Crippen molar-refractivity contribution in [2.75, 3.05) is 13.7 Å². The minimum Gasteiger partial charge on any atom is -0.493 e. The van der Waals surface area contributed by atoms with E-state index in [9.17, 15) is 4.79 Å². The maximum absolute atomic E-state index is 11.6. The topological polar surface area (TPSA) is 47.6 Å². The molecule has 0 aromatic heterocycles.